The van der Waals surface area contributed by atoms with Crippen LogP contribution in [-0.4, -0.2) is 34.7 Å². The van der Waals surface area contributed by atoms with Crippen molar-refractivity contribution in [3.05, 3.63) is 35.4 Å². The number of hydrogen-bond donors (Lipinski definition) is 3. The lowest BCUT2D eigenvalue weighted by Gasteiger charge is -2.19. The first kappa shape index (κ1) is 24.4. The Morgan fingerprint density at radius 1 is 0.900 bits per heavy atom. The van der Waals surface area contributed by atoms with Crippen molar-refractivity contribution in [2.45, 2.75) is 96.4 Å². The maximum Gasteiger partial charge on any atom is 0.321 e. The second-order valence-corrected chi connectivity index (χ2v) is 8.88. The van der Waals surface area contributed by atoms with Crippen molar-refractivity contribution < 1.29 is 19.8 Å². The molecule has 5 nitrogen and oxygen atoms in total. The van der Waals surface area contributed by atoms with Crippen LogP contribution in [0.2, 0.25) is 0 Å². The first-order valence-electron chi connectivity index (χ1n) is 11.8. The highest BCUT2D eigenvalue weighted by Gasteiger charge is 2.51. The topological polar surface area (TPSA) is 86.6 Å². The molecule has 0 amide bonds. The summed E-state index contributed by atoms with van der Waals surface area (Å²) < 4.78 is 0. The van der Waals surface area contributed by atoms with Crippen LogP contribution in [0.15, 0.2) is 24.3 Å². The molecule has 168 valence electrons. The first-order chi connectivity index (χ1) is 14.5. The molecule has 3 N–H and O–H groups in total. The number of nitrogens with one attached hydrogen (secondary N) is 1. The highest BCUT2D eigenvalue weighted by molar-refractivity contribution is 5.98. The number of carboxylic acid groups (broad SMARTS) is 2. The summed E-state index contributed by atoms with van der Waals surface area (Å²) in [5, 5.41) is 22.0. The highest BCUT2D eigenvalue weighted by Crippen LogP contribution is 2.38. The number of aryl methyl sites for hydroxylation is 1. The third-order valence-electron chi connectivity index (χ3n) is 6.52. The van der Waals surface area contributed by atoms with Crippen LogP contribution in [0.5, 0.6) is 0 Å². The quantitative estimate of drug-likeness (QED) is 0.269. The van der Waals surface area contributed by atoms with E-state index in [9.17, 15) is 19.8 Å². The fourth-order valence-electron chi connectivity index (χ4n) is 4.46. The van der Waals surface area contributed by atoms with Gasteiger partial charge in [0, 0.05) is 6.04 Å². The smallest absolute Gasteiger partial charge is 0.321 e. The minimum atomic E-state index is -1.62. The maximum absolute atomic E-state index is 11.4. The zero-order valence-electron chi connectivity index (χ0n) is 18.5. The van der Waals surface area contributed by atoms with Gasteiger partial charge >= 0.3 is 11.9 Å². The molecule has 1 aliphatic carbocycles. The summed E-state index contributed by atoms with van der Waals surface area (Å²) in [5.41, 5.74) is 1.03. The Morgan fingerprint density at radius 3 is 1.97 bits per heavy atom. The number of carbonyl (C=O) groups is 2. The van der Waals surface area contributed by atoms with Gasteiger partial charge in [-0.15, -0.1) is 0 Å². The summed E-state index contributed by atoms with van der Waals surface area (Å²) in [6, 6.07) is 8.74. The maximum atomic E-state index is 11.4. The fraction of sp³-hybridized carbons (Fsp3) is 0.680. The molecule has 5 heteroatoms. The van der Waals surface area contributed by atoms with Gasteiger partial charge < -0.3 is 15.5 Å². The lowest BCUT2D eigenvalue weighted by Crippen LogP contribution is -2.39. The van der Waals surface area contributed by atoms with E-state index in [0.29, 0.717) is 6.42 Å². The van der Waals surface area contributed by atoms with Crippen molar-refractivity contribution in [3.63, 3.8) is 0 Å². The molecule has 1 aromatic carbocycles. The molecule has 0 bridgehead atoms. The van der Waals surface area contributed by atoms with Gasteiger partial charge in [-0.1, -0.05) is 76.1 Å². The average molecular weight is 418 g/mol. The largest absolute Gasteiger partial charge is 0.480 e. The van der Waals surface area contributed by atoms with Crippen LogP contribution in [0.1, 0.15) is 88.7 Å². The zero-order chi connectivity index (χ0) is 21.8. The monoisotopic (exact) mass is 417 g/mol. The summed E-state index contributed by atoms with van der Waals surface area (Å²) >= 11 is 0. The Labute approximate surface area is 181 Å². The molecule has 1 atom stereocenters. The van der Waals surface area contributed by atoms with Gasteiger partial charge in [-0.05, 0) is 56.2 Å². The number of rotatable bonds is 15. The van der Waals surface area contributed by atoms with E-state index in [1.54, 1.807) is 0 Å². The molecule has 2 rings (SSSR count). The zero-order valence-corrected chi connectivity index (χ0v) is 18.5. The van der Waals surface area contributed by atoms with E-state index < -0.39 is 17.4 Å². The van der Waals surface area contributed by atoms with Gasteiger partial charge in [-0.2, -0.15) is 0 Å². The van der Waals surface area contributed by atoms with Gasteiger partial charge in [-0.25, -0.2) is 0 Å². The van der Waals surface area contributed by atoms with Crippen molar-refractivity contribution in [2.24, 2.45) is 5.41 Å². The number of aliphatic carboxylic acids is 2. The summed E-state index contributed by atoms with van der Waals surface area (Å²) in [6.07, 6.45) is 13.7. The molecule has 1 unspecified atom stereocenters. The average Bonchev–Trinajstić information content (AvgIpc) is 3.17. The van der Waals surface area contributed by atoms with Crippen molar-refractivity contribution in [3.8, 4) is 0 Å². The minimum Gasteiger partial charge on any atom is -0.480 e. The molecule has 1 aliphatic rings. The molecule has 30 heavy (non-hydrogen) atoms. The lowest BCUT2D eigenvalue weighted by atomic mass is 9.86. The Balaban J connectivity index is 1.61. The molecule has 0 aromatic heterocycles. The lowest BCUT2D eigenvalue weighted by molar-refractivity contribution is -0.164. The van der Waals surface area contributed by atoms with Crippen LogP contribution < -0.4 is 5.32 Å². The van der Waals surface area contributed by atoms with E-state index in [4.69, 9.17) is 0 Å². The number of carboxylic acids is 2. The van der Waals surface area contributed by atoms with E-state index in [0.717, 1.165) is 19.4 Å². The Kier molecular flexibility index (Phi) is 10.4. The van der Waals surface area contributed by atoms with E-state index in [-0.39, 0.29) is 18.9 Å². The number of benzene rings is 1. The van der Waals surface area contributed by atoms with E-state index in [1.807, 2.05) is 0 Å². The first-order valence-corrected chi connectivity index (χ1v) is 11.8. The van der Waals surface area contributed by atoms with E-state index in [1.165, 1.54) is 62.5 Å². The molecular weight excluding hydrogens is 378 g/mol. The highest BCUT2D eigenvalue weighted by atomic mass is 16.4. The van der Waals surface area contributed by atoms with Crippen LogP contribution in [0, 0.1) is 5.41 Å². The van der Waals surface area contributed by atoms with Gasteiger partial charge in [-0.3, -0.25) is 9.59 Å². The van der Waals surface area contributed by atoms with Crippen LogP contribution in [0.3, 0.4) is 0 Å². The minimum absolute atomic E-state index is 0.0431. The van der Waals surface area contributed by atoms with E-state index >= 15 is 0 Å². The molecule has 0 spiro atoms. The standard InChI is InChI=1S/C25H39NO4/c1-2-3-4-5-6-7-8-9-10-20-11-13-21(14-12-20)16-18-26-22-15-17-25(19-22,23(27)28)24(29)30/h11-14,22,26H,2-10,15-19H2,1H3,(H,27,28)(H,29,30). The summed E-state index contributed by atoms with van der Waals surface area (Å²) in [6.45, 7) is 2.99. The third kappa shape index (κ3) is 7.42. The summed E-state index contributed by atoms with van der Waals surface area (Å²) in [4.78, 5) is 22.8. The Morgan fingerprint density at radius 2 is 1.43 bits per heavy atom. The molecule has 1 fully saturated rings. The second kappa shape index (κ2) is 12.7. The van der Waals surface area contributed by atoms with E-state index in [2.05, 4.69) is 36.5 Å². The van der Waals surface area contributed by atoms with Crippen molar-refractivity contribution in [1.29, 1.82) is 0 Å². The third-order valence-corrected chi connectivity index (χ3v) is 6.52. The molecule has 0 heterocycles. The molecule has 0 aliphatic heterocycles. The molecular formula is C25H39NO4. The molecule has 1 aromatic rings. The SMILES string of the molecule is CCCCCCCCCCc1ccc(CCNC2CCC(C(=O)O)(C(=O)O)C2)cc1. The summed E-state index contributed by atoms with van der Waals surface area (Å²) in [7, 11) is 0. The Bertz CT molecular complexity index is 642. The van der Waals surface area contributed by atoms with Gasteiger partial charge in [0.1, 0.15) is 0 Å². The van der Waals surface area contributed by atoms with Gasteiger partial charge in [0.15, 0.2) is 5.41 Å². The van der Waals surface area contributed by atoms with Crippen molar-refractivity contribution in [2.75, 3.05) is 6.54 Å². The molecule has 0 radical (unpaired) electrons. The normalized spacial score (nSPS) is 17.8. The Hall–Kier alpha value is -1.88. The fourth-order valence-corrected chi connectivity index (χ4v) is 4.46. The van der Waals surface area contributed by atoms with Crippen molar-refractivity contribution in [1.82, 2.24) is 5.32 Å². The molecule has 0 saturated heterocycles. The van der Waals surface area contributed by atoms with Gasteiger partial charge in [0.05, 0.1) is 0 Å². The van der Waals surface area contributed by atoms with Crippen LogP contribution >= 0.6 is 0 Å². The summed E-state index contributed by atoms with van der Waals surface area (Å²) in [5.74, 6) is -2.43. The van der Waals surface area contributed by atoms with Crippen molar-refractivity contribution >= 4 is 11.9 Å². The predicted molar refractivity (Wildman–Crippen MR) is 120 cm³/mol. The van der Waals surface area contributed by atoms with Crippen LogP contribution in [0.4, 0.5) is 0 Å². The molecule has 1 saturated carbocycles. The number of unbranched alkanes of at least 4 members (excludes halogenated alkanes) is 7. The van der Waals surface area contributed by atoms with Crippen LogP contribution in [-0.2, 0) is 22.4 Å². The van der Waals surface area contributed by atoms with Crippen LogP contribution in [0.25, 0.3) is 0 Å². The van der Waals surface area contributed by atoms with Gasteiger partial charge in [0.25, 0.3) is 0 Å². The predicted octanol–water partition coefficient (Wildman–Crippen LogP) is 5.21. The van der Waals surface area contributed by atoms with Gasteiger partial charge in [0.2, 0.25) is 0 Å². The second-order valence-electron chi connectivity index (χ2n) is 8.88. The number of hydrogen-bond acceptors (Lipinski definition) is 3.